The molecule has 0 saturated heterocycles. The fraction of sp³-hybridized carbons (Fsp3) is 0.233. The van der Waals surface area contributed by atoms with Crippen molar-refractivity contribution in [2.45, 2.75) is 19.9 Å². The number of methoxy groups -OCH3 is 2. The number of benzene rings is 2. The zero-order chi connectivity index (χ0) is 30.7. The molecule has 1 atom stereocenters. The van der Waals surface area contributed by atoms with Gasteiger partial charge in [-0.2, -0.15) is 0 Å². The number of nitro groups is 1. The lowest BCUT2D eigenvalue weighted by atomic mass is 9.97. The van der Waals surface area contributed by atoms with Crippen molar-refractivity contribution < 1.29 is 33.1 Å². The first-order valence-corrected chi connectivity index (χ1v) is 14.0. The highest BCUT2D eigenvalue weighted by molar-refractivity contribution is 7.07. The average molecular weight is 606 g/mol. The van der Waals surface area contributed by atoms with Gasteiger partial charge in [0.25, 0.3) is 11.2 Å². The van der Waals surface area contributed by atoms with Crippen molar-refractivity contribution in [2.24, 2.45) is 4.99 Å². The second kappa shape index (κ2) is 12.4. The molecule has 12 nitrogen and oxygen atoms in total. The van der Waals surface area contributed by atoms with Gasteiger partial charge < -0.3 is 23.4 Å². The van der Waals surface area contributed by atoms with E-state index < -0.39 is 22.5 Å². The molecule has 13 heteroatoms. The van der Waals surface area contributed by atoms with Gasteiger partial charge in [0.2, 0.25) is 0 Å². The predicted molar refractivity (Wildman–Crippen MR) is 157 cm³/mol. The molecule has 0 aliphatic carbocycles. The second-order valence-electron chi connectivity index (χ2n) is 9.09. The summed E-state index contributed by atoms with van der Waals surface area (Å²) in [6.07, 6.45) is 2.96. The van der Waals surface area contributed by atoms with Crippen molar-refractivity contribution in [3.05, 3.63) is 101 Å². The molecule has 0 saturated carbocycles. The van der Waals surface area contributed by atoms with Gasteiger partial charge in [0.15, 0.2) is 16.3 Å². The second-order valence-corrected chi connectivity index (χ2v) is 10.1. The summed E-state index contributed by atoms with van der Waals surface area (Å²) in [5, 5.41) is 11.3. The van der Waals surface area contributed by atoms with Crippen LogP contribution in [0.4, 0.5) is 5.69 Å². The maximum Gasteiger partial charge on any atom is 0.337 e. The summed E-state index contributed by atoms with van der Waals surface area (Å²) < 4.78 is 29.5. The zero-order valence-corrected chi connectivity index (χ0v) is 24.5. The van der Waals surface area contributed by atoms with Crippen LogP contribution in [0.15, 0.2) is 74.5 Å². The Morgan fingerprint density at radius 2 is 1.81 bits per heavy atom. The molecule has 5 rings (SSSR count). The topological polar surface area (TPSA) is 145 Å². The number of hydrogen-bond acceptors (Lipinski definition) is 11. The largest absolute Gasteiger partial charge is 0.496 e. The summed E-state index contributed by atoms with van der Waals surface area (Å²) >= 11 is 1.12. The van der Waals surface area contributed by atoms with Crippen LogP contribution in [0.25, 0.3) is 17.4 Å². The van der Waals surface area contributed by atoms with Gasteiger partial charge in [0, 0.05) is 24.4 Å². The Labute approximate surface area is 248 Å². The Morgan fingerprint density at radius 1 is 1.07 bits per heavy atom. The van der Waals surface area contributed by atoms with E-state index in [2.05, 4.69) is 4.99 Å². The molecule has 0 unspecified atom stereocenters. The average Bonchev–Trinajstić information content (AvgIpc) is 3.61. The highest BCUT2D eigenvalue weighted by Gasteiger charge is 2.31. The molecule has 222 valence electrons. The first kappa shape index (κ1) is 29.3. The molecule has 0 N–H and O–H groups in total. The summed E-state index contributed by atoms with van der Waals surface area (Å²) in [5.41, 5.74) is 0.641. The van der Waals surface area contributed by atoms with Crippen molar-refractivity contribution in [1.82, 2.24) is 4.57 Å². The molecule has 0 bridgehead atoms. The van der Waals surface area contributed by atoms with E-state index in [9.17, 15) is 19.7 Å². The van der Waals surface area contributed by atoms with Crippen molar-refractivity contribution in [2.75, 3.05) is 27.4 Å². The number of rotatable bonds is 10. The molecule has 1 aliphatic heterocycles. The van der Waals surface area contributed by atoms with Gasteiger partial charge >= 0.3 is 5.97 Å². The van der Waals surface area contributed by atoms with E-state index in [0.717, 1.165) is 11.3 Å². The number of nitrogens with zero attached hydrogens (tertiary/aromatic N) is 3. The lowest BCUT2D eigenvalue weighted by Crippen LogP contribution is -2.39. The van der Waals surface area contributed by atoms with E-state index in [1.54, 1.807) is 36.4 Å². The normalized spacial score (nSPS) is 14.4. The van der Waals surface area contributed by atoms with E-state index in [1.165, 1.54) is 43.2 Å². The summed E-state index contributed by atoms with van der Waals surface area (Å²) in [4.78, 5) is 42.2. The number of nitro benzene ring substituents is 1. The van der Waals surface area contributed by atoms with Crippen LogP contribution in [-0.2, 0) is 9.53 Å². The highest BCUT2D eigenvalue weighted by atomic mass is 32.1. The molecule has 0 fully saturated rings. The Balaban J connectivity index is 1.61. The van der Waals surface area contributed by atoms with Crippen LogP contribution in [0.2, 0.25) is 0 Å². The van der Waals surface area contributed by atoms with Gasteiger partial charge in [0.05, 0.1) is 54.1 Å². The van der Waals surface area contributed by atoms with Crippen LogP contribution in [-0.4, -0.2) is 42.9 Å². The molecule has 0 amide bonds. The molecular weight excluding hydrogens is 578 g/mol. The van der Waals surface area contributed by atoms with E-state index in [4.69, 9.17) is 23.4 Å². The Morgan fingerprint density at radius 3 is 2.51 bits per heavy atom. The third-order valence-electron chi connectivity index (χ3n) is 6.57. The van der Waals surface area contributed by atoms with Gasteiger partial charge in [-0.05, 0) is 49.7 Å². The third kappa shape index (κ3) is 5.66. The Kier molecular flexibility index (Phi) is 8.44. The molecule has 0 spiro atoms. The first-order valence-electron chi connectivity index (χ1n) is 13.2. The van der Waals surface area contributed by atoms with Crippen molar-refractivity contribution >= 4 is 29.1 Å². The maximum absolute atomic E-state index is 13.8. The SMILES string of the molecule is CCOc1ccc([C@@H]2C(C(=O)OC)=CN=c3s/c(=C/c4ccc(-c5cc([N+](=O)[O-])ccc5OC)o4)c(=O)n32)cc1OCC. The predicted octanol–water partition coefficient (Wildman–Crippen LogP) is 3.99. The molecular formula is C30H27N3O9S. The quantitative estimate of drug-likeness (QED) is 0.149. The monoisotopic (exact) mass is 605 g/mol. The van der Waals surface area contributed by atoms with E-state index in [0.29, 0.717) is 62.4 Å². The number of carbonyl (C=O) groups excluding carboxylic acids is 1. The van der Waals surface area contributed by atoms with Crippen molar-refractivity contribution in [1.29, 1.82) is 0 Å². The van der Waals surface area contributed by atoms with E-state index in [1.807, 2.05) is 13.8 Å². The summed E-state index contributed by atoms with van der Waals surface area (Å²) in [6.45, 7) is 4.53. The fourth-order valence-electron chi connectivity index (χ4n) is 4.69. The van der Waals surface area contributed by atoms with Gasteiger partial charge in [-0.3, -0.25) is 19.5 Å². The lowest BCUT2D eigenvalue weighted by molar-refractivity contribution is -0.384. The maximum atomic E-state index is 13.8. The standard InChI is InChI=1S/C30H27N3O9S/c1-5-40-24-10-7-17(13-25(24)41-6-2)27-21(29(35)39-4)16-31-30-32(27)28(34)26(43-30)15-19-9-12-23(42-19)20-14-18(33(36)37)8-11-22(20)38-3/h7-16,27H,5-6H2,1-4H3/b26-15+/t27-/m1/s1. The molecule has 2 aromatic heterocycles. The molecule has 43 heavy (non-hydrogen) atoms. The van der Waals surface area contributed by atoms with E-state index >= 15 is 0 Å². The van der Waals surface area contributed by atoms with Crippen LogP contribution in [0.1, 0.15) is 31.2 Å². The number of fused-ring (bicyclic) bond motifs is 1. The number of aromatic nitrogens is 1. The Bertz CT molecular complexity index is 1920. The van der Waals surface area contributed by atoms with E-state index in [-0.39, 0.29) is 11.3 Å². The van der Waals surface area contributed by atoms with Crippen molar-refractivity contribution in [3.63, 3.8) is 0 Å². The van der Waals surface area contributed by atoms with Gasteiger partial charge in [-0.15, -0.1) is 0 Å². The number of ether oxygens (including phenoxy) is 4. The first-order chi connectivity index (χ1) is 20.8. The number of esters is 1. The summed E-state index contributed by atoms with van der Waals surface area (Å²) in [7, 11) is 2.72. The number of hydrogen-bond donors (Lipinski definition) is 0. The third-order valence-corrected chi connectivity index (χ3v) is 7.56. The minimum atomic E-state index is -0.845. The highest BCUT2D eigenvalue weighted by Crippen LogP contribution is 2.36. The molecule has 4 aromatic rings. The number of carbonyl (C=O) groups is 1. The van der Waals surface area contributed by atoms with Crippen LogP contribution >= 0.6 is 11.3 Å². The zero-order valence-electron chi connectivity index (χ0n) is 23.7. The lowest BCUT2D eigenvalue weighted by Gasteiger charge is -2.23. The molecule has 1 aliphatic rings. The minimum Gasteiger partial charge on any atom is -0.496 e. The summed E-state index contributed by atoms with van der Waals surface area (Å²) in [5.74, 6) is 1.43. The number of non-ortho nitro benzene ring substituents is 1. The van der Waals surface area contributed by atoms with Crippen LogP contribution < -0.4 is 29.1 Å². The van der Waals surface area contributed by atoms with Crippen LogP contribution in [0, 0.1) is 10.1 Å². The Hall–Kier alpha value is -5.17. The summed E-state index contributed by atoms with van der Waals surface area (Å²) in [6, 6.07) is 11.9. The van der Waals surface area contributed by atoms with Crippen LogP contribution in [0.3, 0.4) is 0 Å². The van der Waals surface area contributed by atoms with Crippen LogP contribution in [0.5, 0.6) is 17.2 Å². The minimum absolute atomic E-state index is 0.120. The van der Waals surface area contributed by atoms with Gasteiger partial charge in [-0.1, -0.05) is 17.4 Å². The van der Waals surface area contributed by atoms with Gasteiger partial charge in [-0.25, -0.2) is 9.79 Å². The van der Waals surface area contributed by atoms with Gasteiger partial charge in [0.1, 0.15) is 17.3 Å². The number of thiazole rings is 1. The molecule has 0 radical (unpaired) electrons. The molecule has 3 heterocycles. The smallest absolute Gasteiger partial charge is 0.337 e. The molecule has 2 aromatic carbocycles. The van der Waals surface area contributed by atoms with Crippen molar-refractivity contribution in [3.8, 4) is 28.6 Å². The number of furan rings is 1. The fourth-order valence-corrected chi connectivity index (χ4v) is 5.64.